The van der Waals surface area contributed by atoms with Crippen LogP contribution in [-0.4, -0.2) is 33.5 Å². The van der Waals surface area contributed by atoms with Gasteiger partial charge < -0.3 is 19.4 Å². The Labute approximate surface area is 178 Å². The lowest BCUT2D eigenvalue weighted by molar-refractivity contribution is -0.113. The predicted molar refractivity (Wildman–Crippen MR) is 114 cm³/mol. The molecule has 0 radical (unpaired) electrons. The minimum absolute atomic E-state index is 0.137. The van der Waals surface area contributed by atoms with Gasteiger partial charge in [-0.05, 0) is 48.9 Å². The summed E-state index contributed by atoms with van der Waals surface area (Å²) in [7, 11) is 3.44. The SMILES string of the molecule is COc1cc(C)ccc1OCc1nnc(SCC(=O)Nc2ccc(Cl)cc2)n1C. The van der Waals surface area contributed by atoms with Crippen molar-refractivity contribution >= 4 is 35.0 Å². The average molecular weight is 433 g/mol. The number of rotatable bonds is 8. The number of thioether (sulfide) groups is 1. The molecule has 0 saturated carbocycles. The van der Waals surface area contributed by atoms with Crippen molar-refractivity contribution in [3.8, 4) is 11.5 Å². The number of hydrogen-bond acceptors (Lipinski definition) is 6. The van der Waals surface area contributed by atoms with E-state index in [0.29, 0.717) is 33.2 Å². The van der Waals surface area contributed by atoms with Crippen LogP contribution in [0.25, 0.3) is 0 Å². The molecule has 7 nitrogen and oxygen atoms in total. The van der Waals surface area contributed by atoms with Crippen LogP contribution in [0, 0.1) is 6.92 Å². The molecule has 0 bridgehead atoms. The van der Waals surface area contributed by atoms with Crippen molar-refractivity contribution in [2.45, 2.75) is 18.7 Å². The quantitative estimate of drug-likeness (QED) is 0.540. The highest BCUT2D eigenvalue weighted by Gasteiger charge is 2.13. The normalized spacial score (nSPS) is 10.6. The molecular weight excluding hydrogens is 412 g/mol. The maximum Gasteiger partial charge on any atom is 0.234 e. The molecule has 3 aromatic rings. The zero-order chi connectivity index (χ0) is 20.8. The molecule has 1 heterocycles. The molecule has 0 atom stereocenters. The van der Waals surface area contributed by atoms with Gasteiger partial charge in [0.15, 0.2) is 22.5 Å². The second-order valence-electron chi connectivity index (χ2n) is 6.24. The second-order valence-corrected chi connectivity index (χ2v) is 7.62. The molecular formula is C20H21ClN4O3S. The van der Waals surface area contributed by atoms with Gasteiger partial charge in [0.1, 0.15) is 6.61 Å². The van der Waals surface area contributed by atoms with Gasteiger partial charge >= 0.3 is 0 Å². The number of ether oxygens (including phenoxy) is 2. The van der Waals surface area contributed by atoms with Crippen LogP contribution >= 0.6 is 23.4 Å². The van der Waals surface area contributed by atoms with E-state index in [1.165, 1.54) is 11.8 Å². The number of methoxy groups -OCH3 is 1. The van der Waals surface area contributed by atoms with Crippen LogP contribution in [-0.2, 0) is 18.4 Å². The van der Waals surface area contributed by atoms with Crippen molar-refractivity contribution < 1.29 is 14.3 Å². The van der Waals surface area contributed by atoms with Gasteiger partial charge in [-0.1, -0.05) is 29.4 Å². The lowest BCUT2D eigenvalue weighted by atomic mass is 10.2. The molecule has 0 aliphatic rings. The van der Waals surface area contributed by atoms with E-state index in [1.807, 2.05) is 32.2 Å². The van der Waals surface area contributed by atoms with Gasteiger partial charge in [-0.2, -0.15) is 0 Å². The van der Waals surface area contributed by atoms with Crippen LogP contribution in [0.4, 0.5) is 5.69 Å². The fraction of sp³-hybridized carbons (Fsp3) is 0.250. The monoisotopic (exact) mass is 432 g/mol. The molecule has 0 aliphatic heterocycles. The highest BCUT2D eigenvalue weighted by molar-refractivity contribution is 7.99. The molecule has 0 unspecified atom stereocenters. The minimum Gasteiger partial charge on any atom is -0.493 e. The number of carbonyl (C=O) groups is 1. The number of carbonyl (C=O) groups excluding carboxylic acids is 1. The number of benzene rings is 2. The molecule has 2 aromatic carbocycles. The molecule has 0 saturated heterocycles. The number of aromatic nitrogens is 3. The third-order valence-corrected chi connectivity index (χ3v) is 5.33. The van der Waals surface area contributed by atoms with Crippen molar-refractivity contribution in [3.05, 3.63) is 58.9 Å². The number of halogens is 1. The van der Waals surface area contributed by atoms with E-state index < -0.39 is 0 Å². The number of nitrogens with zero attached hydrogens (tertiary/aromatic N) is 3. The van der Waals surface area contributed by atoms with Gasteiger partial charge in [0, 0.05) is 17.8 Å². The third kappa shape index (κ3) is 5.65. The first-order chi connectivity index (χ1) is 14.0. The fourth-order valence-electron chi connectivity index (χ4n) is 2.49. The highest BCUT2D eigenvalue weighted by Crippen LogP contribution is 2.28. The molecule has 3 rings (SSSR count). The summed E-state index contributed by atoms with van der Waals surface area (Å²) in [5.74, 6) is 2.02. The van der Waals surface area contributed by atoms with Crippen molar-refractivity contribution in [3.63, 3.8) is 0 Å². The van der Waals surface area contributed by atoms with Crippen molar-refractivity contribution in [2.24, 2.45) is 7.05 Å². The molecule has 152 valence electrons. The van der Waals surface area contributed by atoms with Crippen LogP contribution in [0.5, 0.6) is 11.5 Å². The number of aryl methyl sites for hydroxylation is 1. The second kappa shape index (κ2) is 9.67. The first-order valence-electron chi connectivity index (χ1n) is 8.80. The summed E-state index contributed by atoms with van der Waals surface area (Å²) in [6, 6.07) is 12.7. The molecule has 1 aromatic heterocycles. The Bertz CT molecular complexity index is 992. The Morgan fingerprint density at radius 3 is 2.66 bits per heavy atom. The molecule has 29 heavy (non-hydrogen) atoms. The summed E-state index contributed by atoms with van der Waals surface area (Å²) in [6.45, 7) is 2.22. The Morgan fingerprint density at radius 2 is 1.93 bits per heavy atom. The average Bonchev–Trinajstić information content (AvgIpc) is 3.06. The highest BCUT2D eigenvalue weighted by atomic mass is 35.5. The van der Waals surface area contributed by atoms with Gasteiger partial charge in [0.2, 0.25) is 5.91 Å². The summed E-state index contributed by atoms with van der Waals surface area (Å²) in [6.07, 6.45) is 0. The first-order valence-corrected chi connectivity index (χ1v) is 10.2. The van der Waals surface area contributed by atoms with E-state index >= 15 is 0 Å². The minimum atomic E-state index is -0.137. The zero-order valence-electron chi connectivity index (χ0n) is 16.3. The van der Waals surface area contributed by atoms with E-state index in [9.17, 15) is 4.79 Å². The Hall–Kier alpha value is -2.71. The largest absolute Gasteiger partial charge is 0.493 e. The van der Waals surface area contributed by atoms with E-state index in [1.54, 1.807) is 35.9 Å². The van der Waals surface area contributed by atoms with Gasteiger partial charge in [0.25, 0.3) is 0 Å². The maximum atomic E-state index is 12.1. The Balaban J connectivity index is 1.55. The molecule has 1 amide bonds. The van der Waals surface area contributed by atoms with Crippen LogP contribution in [0.15, 0.2) is 47.6 Å². The summed E-state index contributed by atoms with van der Waals surface area (Å²) < 4.78 is 13.0. The molecule has 1 N–H and O–H groups in total. The van der Waals surface area contributed by atoms with Crippen molar-refractivity contribution in [1.29, 1.82) is 0 Å². The summed E-state index contributed by atoms with van der Waals surface area (Å²) >= 11 is 7.15. The van der Waals surface area contributed by atoms with Gasteiger partial charge in [-0.25, -0.2) is 0 Å². The van der Waals surface area contributed by atoms with Crippen LogP contribution < -0.4 is 14.8 Å². The number of anilines is 1. The Morgan fingerprint density at radius 1 is 1.17 bits per heavy atom. The molecule has 0 fully saturated rings. The molecule has 0 spiro atoms. The summed E-state index contributed by atoms with van der Waals surface area (Å²) in [5.41, 5.74) is 1.78. The fourth-order valence-corrected chi connectivity index (χ4v) is 3.35. The van der Waals surface area contributed by atoms with E-state index in [2.05, 4.69) is 15.5 Å². The third-order valence-electron chi connectivity index (χ3n) is 4.06. The van der Waals surface area contributed by atoms with Crippen LogP contribution in [0.2, 0.25) is 5.02 Å². The summed E-state index contributed by atoms with van der Waals surface area (Å²) in [5, 5.41) is 12.4. The predicted octanol–water partition coefficient (Wildman–Crippen LogP) is 4.10. The topological polar surface area (TPSA) is 78.3 Å². The Kier molecular flexibility index (Phi) is 7.00. The standard InChI is InChI=1S/C20H21ClN4O3S/c1-13-4-9-16(17(10-13)27-3)28-11-18-23-24-20(25(18)2)29-12-19(26)22-15-7-5-14(21)6-8-15/h4-10H,11-12H2,1-3H3,(H,22,26). The maximum absolute atomic E-state index is 12.1. The first kappa shape index (κ1) is 21.0. The summed E-state index contributed by atoms with van der Waals surface area (Å²) in [4.78, 5) is 12.1. The lowest BCUT2D eigenvalue weighted by Gasteiger charge is -2.11. The van der Waals surface area contributed by atoms with Crippen LogP contribution in [0.1, 0.15) is 11.4 Å². The van der Waals surface area contributed by atoms with Gasteiger partial charge in [-0.3, -0.25) is 4.79 Å². The van der Waals surface area contributed by atoms with E-state index in [4.69, 9.17) is 21.1 Å². The number of amides is 1. The van der Waals surface area contributed by atoms with E-state index in [-0.39, 0.29) is 18.3 Å². The molecule has 9 heteroatoms. The number of hydrogen-bond donors (Lipinski definition) is 1. The van der Waals surface area contributed by atoms with Crippen molar-refractivity contribution in [2.75, 3.05) is 18.2 Å². The van der Waals surface area contributed by atoms with Gasteiger partial charge in [0.05, 0.1) is 12.9 Å². The lowest BCUT2D eigenvalue weighted by Crippen LogP contribution is -2.14. The van der Waals surface area contributed by atoms with Crippen molar-refractivity contribution in [1.82, 2.24) is 14.8 Å². The zero-order valence-corrected chi connectivity index (χ0v) is 17.9. The molecule has 0 aliphatic carbocycles. The number of nitrogens with one attached hydrogen (secondary N) is 1. The van der Waals surface area contributed by atoms with Gasteiger partial charge in [-0.15, -0.1) is 10.2 Å². The smallest absolute Gasteiger partial charge is 0.234 e. The van der Waals surface area contributed by atoms with E-state index in [0.717, 1.165) is 5.56 Å². The van der Waals surface area contributed by atoms with Crippen LogP contribution in [0.3, 0.4) is 0 Å².